The Kier molecular flexibility index (Phi) is 16.7. The van der Waals surface area contributed by atoms with E-state index in [9.17, 15) is 0 Å². The van der Waals surface area contributed by atoms with E-state index in [1.807, 2.05) is 0 Å². The van der Waals surface area contributed by atoms with Gasteiger partial charge in [0.05, 0.1) is 0 Å². The minimum absolute atomic E-state index is 0.651. The van der Waals surface area contributed by atoms with Crippen molar-refractivity contribution >= 4 is 11.8 Å². The molecule has 196 valence electrons. The summed E-state index contributed by atoms with van der Waals surface area (Å²) in [5.74, 6) is 0. The van der Waals surface area contributed by atoms with Gasteiger partial charge in [-0.25, -0.2) is 0 Å². The molecule has 2 aliphatic carbocycles. The zero-order valence-corrected chi connectivity index (χ0v) is 24.0. The van der Waals surface area contributed by atoms with Gasteiger partial charge in [0.15, 0.2) is 0 Å². The van der Waals surface area contributed by atoms with Crippen LogP contribution in [0.1, 0.15) is 194 Å². The van der Waals surface area contributed by atoms with Gasteiger partial charge in [0.25, 0.3) is 0 Å². The first-order chi connectivity index (χ1) is 16.2. The van der Waals surface area contributed by atoms with Gasteiger partial charge in [-0.05, 0) is 38.5 Å². The molecular formula is C32H62S. The number of unbranched alkanes of at least 4 members (excludes halogenated alkanes) is 14. The van der Waals surface area contributed by atoms with Crippen LogP contribution in [0.25, 0.3) is 0 Å². The third kappa shape index (κ3) is 12.7. The molecule has 0 unspecified atom stereocenters. The summed E-state index contributed by atoms with van der Waals surface area (Å²) in [6.07, 6.45) is 41.8. The summed E-state index contributed by atoms with van der Waals surface area (Å²) < 4.78 is 1.30. The van der Waals surface area contributed by atoms with E-state index in [4.69, 9.17) is 0 Å². The molecule has 2 aliphatic rings. The number of hydrogen-bond acceptors (Lipinski definition) is 1. The summed E-state index contributed by atoms with van der Waals surface area (Å²) in [6.45, 7) is 4.66. The minimum Gasteiger partial charge on any atom is -0.148 e. The van der Waals surface area contributed by atoms with Crippen molar-refractivity contribution in [1.82, 2.24) is 0 Å². The molecule has 0 amide bonds. The highest BCUT2D eigenvalue weighted by atomic mass is 32.2. The number of thioether (sulfide) groups is 1. The molecule has 2 rings (SSSR count). The van der Waals surface area contributed by atoms with Crippen molar-refractivity contribution in [2.45, 2.75) is 203 Å². The van der Waals surface area contributed by atoms with Crippen molar-refractivity contribution in [2.75, 3.05) is 0 Å². The van der Waals surface area contributed by atoms with Crippen molar-refractivity contribution in [3.63, 3.8) is 0 Å². The molecule has 33 heavy (non-hydrogen) atoms. The first-order valence-electron chi connectivity index (χ1n) is 15.9. The van der Waals surface area contributed by atoms with Gasteiger partial charge in [-0.15, -0.1) is 11.8 Å². The van der Waals surface area contributed by atoms with Crippen LogP contribution in [0.2, 0.25) is 0 Å². The smallest absolute Gasteiger partial charge is 0.0165 e. The maximum Gasteiger partial charge on any atom is 0.0165 e. The summed E-state index contributed by atoms with van der Waals surface area (Å²) in [5.41, 5.74) is 0. The van der Waals surface area contributed by atoms with Gasteiger partial charge in [-0.3, -0.25) is 0 Å². The Morgan fingerprint density at radius 1 is 0.394 bits per heavy atom. The van der Waals surface area contributed by atoms with E-state index in [2.05, 4.69) is 25.6 Å². The molecule has 2 saturated carbocycles. The highest BCUT2D eigenvalue weighted by molar-refractivity contribution is 8.02. The molecule has 0 aliphatic heterocycles. The summed E-state index contributed by atoms with van der Waals surface area (Å²) in [4.78, 5) is 0. The Balaban J connectivity index is 1.78. The molecule has 0 aromatic rings. The molecule has 0 heterocycles. The molecule has 0 nitrogen and oxygen atoms in total. The Hall–Kier alpha value is 0.350. The van der Waals surface area contributed by atoms with Gasteiger partial charge < -0.3 is 0 Å². The summed E-state index contributed by atoms with van der Waals surface area (Å²) in [7, 11) is 0. The van der Waals surface area contributed by atoms with Crippen molar-refractivity contribution < 1.29 is 0 Å². The van der Waals surface area contributed by atoms with Crippen LogP contribution in [0.4, 0.5) is 0 Å². The van der Waals surface area contributed by atoms with Crippen LogP contribution in [-0.2, 0) is 0 Å². The van der Waals surface area contributed by atoms with Crippen LogP contribution in [0.3, 0.4) is 0 Å². The van der Waals surface area contributed by atoms with Gasteiger partial charge in [0, 0.05) is 9.49 Å². The van der Waals surface area contributed by atoms with Crippen LogP contribution in [-0.4, -0.2) is 9.49 Å². The van der Waals surface area contributed by atoms with E-state index in [0.29, 0.717) is 9.49 Å². The molecule has 0 atom stereocenters. The van der Waals surface area contributed by atoms with E-state index in [0.717, 1.165) is 0 Å². The van der Waals surface area contributed by atoms with Crippen LogP contribution < -0.4 is 0 Å². The zero-order chi connectivity index (χ0) is 23.5. The summed E-state index contributed by atoms with van der Waals surface area (Å²) in [5, 5.41) is 0. The minimum atomic E-state index is 0.651. The van der Waals surface area contributed by atoms with Gasteiger partial charge in [-0.1, -0.05) is 155 Å². The molecule has 0 saturated heterocycles. The van der Waals surface area contributed by atoms with Crippen molar-refractivity contribution in [2.24, 2.45) is 0 Å². The second-order valence-electron chi connectivity index (χ2n) is 12.0. The third-order valence-corrected chi connectivity index (χ3v) is 11.0. The van der Waals surface area contributed by atoms with E-state index < -0.39 is 0 Å². The fourth-order valence-electron chi connectivity index (χ4n) is 6.82. The highest BCUT2D eigenvalue weighted by Gasteiger charge is 2.42. The highest BCUT2D eigenvalue weighted by Crippen LogP contribution is 2.55. The lowest BCUT2D eigenvalue weighted by molar-refractivity contribution is 0.334. The summed E-state index contributed by atoms with van der Waals surface area (Å²) >= 11 is 2.59. The molecule has 0 N–H and O–H groups in total. The SMILES string of the molecule is CCCCCCCCCCC1(SC2(CCCCCCCCCC)CCCCC2)CCCCC1. The van der Waals surface area contributed by atoms with Gasteiger partial charge in [-0.2, -0.15) is 0 Å². The maximum atomic E-state index is 2.59. The Morgan fingerprint density at radius 3 is 1.03 bits per heavy atom. The third-order valence-electron chi connectivity index (χ3n) is 8.93. The van der Waals surface area contributed by atoms with Crippen LogP contribution >= 0.6 is 11.8 Å². The molecule has 0 aromatic carbocycles. The first-order valence-corrected chi connectivity index (χ1v) is 16.8. The molecule has 0 spiro atoms. The largest absolute Gasteiger partial charge is 0.148 e. The average molecular weight is 479 g/mol. The van der Waals surface area contributed by atoms with E-state index in [1.165, 1.54) is 180 Å². The second-order valence-corrected chi connectivity index (χ2v) is 14.0. The van der Waals surface area contributed by atoms with E-state index >= 15 is 0 Å². The molecule has 0 bridgehead atoms. The molecule has 1 heteroatoms. The lowest BCUT2D eigenvalue weighted by Crippen LogP contribution is -2.38. The van der Waals surface area contributed by atoms with Crippen molar-refractivity contribution in [1.29, 1.82) is 0 Å². The fraction of sp³-hybridized carbons (Fsp3) is 1.00. The monoisotopic (exact) mass is 478 g/mol. The Bertz CT molecular complexity index is 390. The van der Waals surface area contributed by atoms with Gasteiger partial charge >= 0.3 is 0 Å². The molecule has 2 fully saturated rings. The van der Waals surface area contributed by atoms with E-state index in [-0.39, 0.29) is 0 Å². The molecule has 0 radical (unpaired) electrons. The van der Waals surface area contributed by atoms with Gasteiger partial charge in [0.1, 0.15) is 0 Å². The normalized spacial score (nSPS) is 20.2. The lowest BCUT2D eigenvalue weighted by atomic mass is 9.83. The Morgan fingerprint density at radius 2 is 0.697 bits per heavy atom. The number of rotatable bonds is 20. The van der Waals surface area contributed by atoms with E-state index in [1.54, 1.807) is 0 Å². The average Bonchev–Trinajstić information content (AvgIpc) is 2.84. The first kappa shape index (κ1) is 29.6. The van der Waals surface area contributed by atoms with Crippen LogP contribution in [0.15, 0.2) is 0 Å². The summed E-state index contributed by atoms with van der Waals surface area (Å²) in [6, 6.07) is 0. The topological polar surface area (TPSA) is 0 Å². The number of hydrogen-bond donors (Lipinski definition) is 0. The van der Waals surface area contributed by atoms with Crippen molar-refractivity contribution in [3.8, 4) is 0 Å². The predicted molar refractivity (Wildman–Crippen MR) is 154 cm³/mol. The zero-order valence-electron chi connectivity index (χ0n) is 23.2. The fourth-order valence-corrected chi connectivity index (χ4v) is 9.22. The van der Waals surface area contributed by atoms with Crippen molar-refractivity contribution in [3.05, 3.63) is 0 Å². The second kappa shape index (κ2) is 18.6. The molecule has 0 aromatic heterocycles. The van der Waals surface area contributed by atoms with Gasteiger partial charge in [0.2, 0.25) is 0 Å². The lowest BCUT2D eigenvalue weighted by Gasteiger charge is -2.47. The standard InChI is InChI=1S/C32H62S/c1-3-5-7-9-11-13-15-19-25-31(27-21-17-22-28-31)33-32(29-23-18-24-30-32)26-20-16-14-12-10-8-6-4-2/h3-30H2,1-2H3. The van der Waals surface area contributed by atoms with Crippen LogP contribution in [0.5, 0.6) is 0 Å². The predicted octanol–water partition coefficient (Wildman–Crippen LogP) is 12.2. The quantitative estimate of drug-likeness (QED) is 0.157. The maximum absolute atomic E-state index is 2.59. The molecular weight excluding hydrogens is 416 g/mol. The van der Waals surface area contributed by atoms with Crippen LogP contribution in [0, 0.1) is 0 Å². The Labute approximate surface area is 214 Å².